The molecule has 1 heterocycles. The Bertz CT molecular complexity index is 234. The first-order chi connectivity index (χ1) is 7.27. The van der Waals surface area contributed by atoms with E-state index >= 15 is 0 Å². The van der Waals surface area contributed by atoms with Crippen LogP contribution in [0.25, 0.3) is 0 Å². The molecule has 2 aliphatic rings. The number of carbonyl (C=O) groups is 1. The summed E-state index contributed by atoms with van der Waals surface area (Å²) in [7, 11) is 0. The van der Waals surface area contributed by atoms with Crippen molar-refractivity contribution in [2.45, 2.75) is 31.2 Å². The highest BCUT2D eigenvalue weighted by Gasteiger charge is 2.47. The fourth-order valence-electron chi connectivity index (χ4n) is 2.08. The lowest BCUT2D eigenvalue weighted by Crippen LogP contribution is -2.46. The average Bonchev–Trinajstić information content (AvgIpc) is 2.70. The summed E-state index contributed by atoms with van der Waals surface area (Å²) in [6, 6.07) is 0. The van der Waals surface area contributed by atoms with Gasteiger partial charge in [-0.3, -0.25) is 4.79 Å². The molecule has 1 atom stereocenters. The third-order valence-electron chi connectivity index (χ3n) is 2.83. The van der Waals surface area contributed by atoms with Crippen molar-refractivity contribution < 1.29 is 24.1 Å². The molecular formula is C10H16O5. The summed E-state index contributed by atoms with van der Waals surface area (Å²) < 4.78 is 16.1. The van der Waals surface area contributed by atoms with Crippen LogP contribution in [-0.4, -0.2) is 49.2 Å². The summed E-state index contributed by atoms with van der Waals surface area (Å²) in [6.07, 6.45) is 1.52. The second kappa shape index (κ2) is 4.57. The summed E-state index contributed by atoms with van der Waals surface area (Å²) in [5, 5.41) is 8.61. The number of aliphatic hydroxyl groups excluding tert-OH is 1. The van der Waals surface area contributed by atoms with Crippen molar-refractivity contribution in [3.63, 3.8) is 0 Å². The third kappa shape index (κ3) is 2.20. The van der Waals surface area contributed by atoms with E-state index in [0.717, 1.165) is 6.42 Å². The zero-order valence-corrected chi connectivity index (χ0v) is 8.61. The van der Waals surface area contributed by atoms with Crippen molar-refractivity contribution in [3.8, 4) is 0 Å². The molecule has 2 fully saturated rings. The number of ether oxygens (including phenoxy) is 3. The van der Waals surface area contributed by atoms with Crippen LogP contribution in [0.3, 0.4) is 0 Å². The predicted molar refractivity (Wildman–Crippen MR) is 50.3 cm³/mol. The molecule has 1 saturated carbocycles. The van der Waals surface area contributed by atoms with Crippen LogP contribution in [0.15, 0.2) is 0 Å². The highest BCUT2D eigenvalue weighted by Crippen LogP contribution is 2.33. The number of Topliss-reactive ketones (excluding diaryl/α,β-unsaturated/α-hetero) is 1. The van der Waals surface area contributed by atoms with Gasteiger partial charge < -0.3 is 19.3 Å². The minimum absolute atomic E-state index is 0.0111. The summed E-state index contributed by atoms with van der Waals surface area (Å²) >= 11 is 0. The lowest BCUT2D eigenvalue weighted by atomic mass is 9.90. The minimum atomic E-state index is -0.973. The Labute approximate surface area is 88.3 Å². The molecule has 1 aliphatic carbocycles. The van der Waals surface area contributed by atoms with Gasteiger partial charge in [-0.15, -0.1) is 0 Å². The number of rotatable bonds is 3. The SMILES string of the molecule is O=C1CC(OCCO)CCC12OCCO2. The molecule has 1 saturated heterocycles. The van der Waals surface area contributed by atoms with Crippen molar-refractivity contribution >= 4 is 5.78 Å². The number of hydrogen-bond donors (Lipinski definition) is 1. The highest BCUT2D eigenvalue weighted by molar-refractivity contribution is 5.87. The molecule has 1 spiro atoms. The zero-order valence-electron chi connectivity index (χ0n) is 8.61. The smallest absolute Gasteiger partial charge is 0.229 e. The average molecular weight is 216 g/mol. The molecule has 0 aromatic rings. The Kier molecular flexibility index (Phi) is 3.35. The summed E-state index contributed by atoms with van der Waals surface area (Å²) in [6.45, 7) is 1.26. The van der Waals surface area contributed by atoms with E-state index < -0.39 is 5.79 Å². The maximum absolute atomic E-state index is 11.8. The van der Waals surface area contributed by atoms with Gasteiger partial charge in [0.05, 0.1) is 32.5 Å². The normalized spacial score (nSPS) is 29.9. The maximum atomic E-state index is 11.8. The molecule has 0 bridgehead atoms. The molecule has 86 valence electrons. The quantitative estimate of drug-likeness (QED) is 0.711. The van der Waals surface area contributed by atoms with Gasteiger partial charge in [0.2, 0.25) is 5.79 Å². The molecule has 5 nitrogen and oxygen atoms in total. The Balaban J connectivity index is 1.88. The second-order valence-corrected chi connectivity index (χ2v) is 3.83. The Hall–Kier alpha value is -0.490. The van der Waals surface area contributed by atoms with E-state index in [1.54, 1.807) is 0 Å². The van der Waals surface area contributed by atoms with E-state index in [2.05, 4.69) is 0 Å². The zero-order chi connectivity index (χ0) is 10.7. The highest BCUT2D eigenvalue weighted by atomic mass is 16.7. The van der Waals surface area contributed by atoms with Gasteiger partial charge >= 0.3 is 0 Å². The number of ketones is 1. The molecule has 2 rings (SSSR count). The van der Waals surface area contributed by atoms with Gasteiger partial charge in [0.25, 0.3) is 0 Å². The van der Waals surface area contributed by atoms with Gasteiger partial charge in [0, 0.05) is 12.8 Å². The van der Waals surface area contributed by atoms with Crippen LogP contribution < -0.4 is 0 Å². The molecule has 0 radical (unpaired) electrons. The van der Waals surface area contributed by atoms with Crippen molar-refractivity contribution in [1.29, 1.82) is 0 Å². The number of carbonyl (C=O) groups excluding carboxylic acids is 1. The van der Waals surface area contributed by atoms with E-state index in [1.165, 1.54) is 0 Å². The fraction of sp³-hybridized carbons (Fsp3) is 0.900. The fourth-order valence-corrected chi connectivity index (χ4v) is 2.08. The van der Waals surface area contributed by atoms with Crippen LogP contribution in [0, 0.1) is 0 Å². The van der Waals surface area contributed by atoms with Gasteiger partial charge in [-0.05, 0) is 6.42 Å². The minimum Gasteiger partial charge on any atom is -0.394 e. The van der Waals surface area contributed by atoms with Gasteiger partial charge in [0.15, 0.2) is 5.78 Å². The summed E-state index contributed by atoms with van der Waals surface area (Å²) in [4.78, 5) is 11.8. The topological polar surface area (TPSA) is 65.0 Å². The van der Waals surface area contributed by atoms with Crippen LogP contribution >= 0.6 is 0 Å². The third-order valence-corrected chi connectivity index (χ3v) is 2.83. The van der Waals surface area contributed by atoms with E-state index in [0.29, 0.717) is 26.1 Å². The molecule has 1 N–H and O–H groups in total. The predicted octanol–water partition coefficient (Wildman–Crippen LogP) is -0.140. The number of aliphatic hydroxyl groups is 1. The summed E-state index contributed by atoms with van der Waals surface area (Å²) in [5.74, 6) is -1.01. The maximum Gasteiger partial charge on any atom is 0.229 e. The first-order valence-electron chi connectivity index (χ1n) is 5.30. The molecule has 0 aromatic carbocycles. The Morgan fingerprint density at radius 1 is 1.47 bits per heavy atom. The lowest BCUT2D eigenvalue weighted by molar-refractivity contribution is -0.195. The van der Waals surface area contributed by atoms with Gasteiger partial charge in [-0.2, -0.15) is 0 Å². The number of hydrogen-bond acceptors (Lipinski definition) is 5. The molecule has 1 aliphatic heterocycles. The first-order valence-corrected chi connectivity index (χ1v) is 5.30. The van der Waals surface area contributed by atoms with Crippen LogP contribution in [0.1, 0.15) is 19.3 Å². The monoisotopic (exact) mass is 216 g/mol. The van der Waals surface area contributed by atoms with Gasteiger partial charge in [-0.25, -0.2) is 0 Å². The van der Waals surface area contributed by atoms with Crippen LogP contribution in [0.4, 0.5) is 0 Å². The Morgan fingerprint density at radius 2 is 2.20 bits per heavy atom. The van der Waals surface area contributed by atoms with E-state index in [9.17, 15) is 4.79 Å². The standard InChI is InChI=1S/C10H16O5/c11-3-4-13-8-1-2-10(9(12)7-8)14-5-6-15-10/h8,11H,1-7H2. The Morgan fingerprint density at radius 3 is 2.80 bits per heavy atom. The van der Waals surface area contributed by atoms with Crippen molar-refractivity contribution in [2.75, 3.05) is 26.4 Å². The second-order valence-electron chi connectivity index (χ2n) is 3.83. The molecular weight excluding hydrogens is 200 g/mol. The molecule has 1 unspecified atom stereocenters. The van der Waals surface area contributed by atoms with Crippen LogP contribution in [0.2, 0.25) is 0 Å². The molecule has 0 amide bonds. The molecule has 5 heteroatoms. The van der Waals surface area contributed by atoms with E-state index in [4.69, 9.17) is 19.3 Å². The molecule has 0 aromatic heterocycles. The van der Waals surface area contributed by atoms with E-state index in [1.807, 2.05) is 0 Å². The largest absolute Gasteiger partial charge is 0.394 e. The van der Waals surface area contributed by atoms with Crippen molar-refractivity contribution in [1.82, 2.24) is 0 Å². The van der Waals surface area contributed by atoms with Gasteiger partial charge in [0.1, 0.15) is 0 Å². The lowest BCUT2D eigenvalue weighted by Gasteiger charge is -2.33. The van der Waals surface area contributed by atoms with Gasteiger partial charge in [-0.1, -0.05) is 0 Å². The van der Waals surface area contributed by atoms with E-state index in [-0.39, 0.29) is 25.1 Å². The first kappa shape index (κ1) is 11.0. The summed E-state index contributed by atoms with van der Waals surface area (Å²) in [5.41, 5.74) is 0. The van der Waals surface area contributed by atoms with Crippen LogP contribution in [-0.2, 0) is 19.0 Å². The van der Waals surface area contributed by atoms with Crippen LogP contribution in [0.5, 0.6) is 0 Å². The van der Waals surface area contributed by atoms with Crippen molar-refractivity contribution in [2.24, 2.45) is 0 Å². The molecule has 15 heavy (non-hydrogen) atoms. The van der Waals surface area contributed by atoms with Crippen molar-refractivity contribution in [3.05, 3.63) is 0 Å².